The highest BCUT2D eigenvalue weighted by molar-refractivity contribution is 5.94. The maximum atomic E-state index is 12.0. The van der Waals surface area contributed by atoms with Crippen molar-refractivity contribution in [2.75, 3.05) is 13.1 Å². The highest BCUT2D eigenvalue weighted by atomic mass is 16.1. The van der Waals surface area contributed by atoms with Crippen LogP contribution in [-0.2, 0) is 7.05 Å². The summed E-state index contributed by atoms with van der Waals surface area (Å²) >= 11 is 0. The smallest absolute Gasteiger partial charge is 0.254 e. The van der Waals surface area contributed by atoms with E-state index in [4.69, 9.17) is 5.73 Å². The van der Waals surface area contributed by atoms with Gasteiger partial charge in [-0.3, -0.25) is 9.48 Å². The summed E-state index contributed by atoms with van der Waals surface area (Å²) in [5, 5.41) is 7.14. The Morgan fingerprint density at radius 3 is 2.78 bits per heavy atom. The Morgan fingerprint density at radius 1 is 1.56 bits per heavy atom. The first-order chi connectivity index (χ1) is 8.58. The number of nitrogens with zero attached hydrogens (tertiary/aromatic N) is 2. The summed E-state index contributed by atoms with van der Waals surface area (Å²) in [5.41, 5.74) is 7.00. The van der Waals surface area contributed by atoms with Crippen LogP contribution >= 0.6 is 0 Å². The van der Waals surface area contributed by atoms with Crippen LogP contribution in [0, 0.1) is 12.8 Å². The van der Waals surface area contributed by atoms with Gasteiger partial charge in [0.25, 0.3) is 5.91 Å². The average molecular weight is 252 g/mol. The number of hydrogen-bond acceptors (Lipinski definition) is 3. The summed E-state index contributed by atoms with van der Waals surface area (Å²) in [6, 6.07) is 0. The largest absolute Gasteiger partial charge is 0.352 e. The second kappa shape index (κ2) is 7.16. The van der Waals surface area contributed by atoms with Gasteiger partial charge in [-0.15, -0.1) is 0 Å². The molecule has 5 heteroatoms. The summed E-state index contributed by atoms with van der Waals surface area (Å²) < 4.78 is 1.66. The van der Waals surface area contributed by atoms with Crippen LogP contribution in [0.5, 0.6) is 0 Å². The number of hydrogen-bond donors (Lipinski definition) is 2. The molecule has 1 amide bonds. The first-order valence-electron chi connectivity index (χ1n) is 6.57. The van der Waals surface area contributed by atoms with Crippen LogP contribution in [0.25, 0.3) is 0 Å². The summed E-state index contributed by atoms with van der Waals surface area (Å²) in [6.45, 7) is 5.36. The zero-order valence-electron chi connectivity index (χ0n) is 11.6. The number of rotatable bonds is 7. The Balaban J connectivity index is 2.51. The lowest BCUT2D eigenvalue weighted by molar-refractivity contribution is 0.0945. The molecule has 1 atom stereocenters. The molecule has 5 nitrogen and oxygen atoms in total. The van der Waals surface area contributed by atoms with Crippen LogP contribution < -0.4 is 11.1 Å². The number of nitrogens with one attached hydrogen (secondary N) is 1. The van der Waals surface area contributed by atoms with Gasteiger partial charge in [0, 0.05) is 19.8 Å². The van der Waals surface area contributed by atoms with E-state index in [9.17, 15) is 4.79 Å². The maximum absolute atomic E-state index is 12.0. The first-order valence-corrected chi connectivity index (χ1v) is 6.57. The number of amides is 1. The molecule has 0 aliphatic rings. The molecule has 0 fully saturated rings. The minimum atomic E-state index is -0.0428. The van der Waals surface area contributed by atoms with E-state index in [1.165, 1.54) is 0 Å². The molecule has 1 heterocycles. The third-order valence-corrected chi connectivity index (χ3v) is 3.08. The quantitative estimate of drug-likeness (QED) is 0.766. The Kier molecular flexibility index (Phi) is 5.85. The van der Waals surface area contributed by atoms with Gasteiger partial charge in [0.2, 0.25) is 0 Å². The van der Waals surface area contributed by atoms with E-state index in [1.807, 2.05) is 14.0 Å². The van der Waals surface area contributed by atoms with Crippen molar-refractivity contribution in [2.24, 2.45) is 18.7 Å². The number of aromatic nitrogens is 2. The highest BCUT2D eigenvalue weighted by Gasteiger charge is 2.14. The van der Waals surface area contributed by atoms with E-state index in [0.29, 0.717) is 24.6 Å². The Bertz CT molecular complexity index is 380. The van der Waals surface area contributed by atoms with Crippen molar-refractivity contribution in [3.05, 3.63) is 17.5 Å². The second-order valence-corrected chi connectivity index (χ2v) is 4.74. The van der Waals surface area contributed by atoms with Gasteiger partial charge < -0.3 is 11.1 Å². The monoisotopic (exact) mass is 252 g/mol. The van der Waals surface area contributed by atoms with Crippen LogP contribution in [-0.4, -0.2) is 28.8 Å². The van der Waals surface area contributed by atoms with E-state index in [2.05, 4.69) is 17.3 Å². The fourth-order valence-corrected chi connectivity index (χ4v) is 2.15. The third kappa shape index (κ3) is 4.14. The van der Waals surface area contributed by atoms with E-state index in [-0.39, 0.29) is 5.91 Å². The highest BCUT2D eigenvalue weighted by Crippen LogP contribution is 2.10. The molecule has 3 N–H and O–H groups in total. The van der Waals surface area contributed by atoms with Crippen molar-refractivity contribution in [3.8, 4) is 0 Å². The topological polar surface area (TPSA) is 72.9 Å². The van der Waals surface area contributed by atoms with Crippen LogP contribution in [0.3, 0.4) is 0 Å². The number of nitrogens with two attached hydrogens (primary N) is 1. The lowest BCUT2D eigenvalue weighted by Crippen LogP contribution is -2.30. The standard InChI is InChI=1S/C13H24N4O/c1-4-5-11(6-7-14)8-15-13(18)12-9-17(3)16-10(12)2/h9,11H,4-8,14H2,1-3H3,(H,15,18). The maximum Gasteiger partial charge on any atom is 0.254 e. The molecule has 102 valence electrons. The minimum Gasteiger partial charge on any atom is -0.352 e. The predicted octanol–water partition coefficient (Wildman–Crippen LogP) is 1.22. The summed E-state index contributed by atoms with van der Waals surface area (Å²) in [4.78, 5) is 12.0. The number of aryl methyl sites for hydroxylation is 2. The van der Waals surface area contributed by atoms with Crippen LogP contribution in [0.15, 0.2) is 6.20 Å². The zero-order chi connectivity index (χ0) is 13.5. The molecule has 0 bridgehead atoms. The molecule has 0 saturated heterocycles. The first kappa shape index (κ1) is 14.7. The van der Waals surface area contributed by atoms with E-state index in [0.717, 1.165) is 25.0 Å². The average Bonchev–Trinajstić information content (AvgIpc) is 2.65. The van der Waals surface area contributed by atoms with Crippen molar-refractivity contribution in [3.63, 3.8) is 0 Å². The van der Waals surface area contributed by atoms with Gasteiger partial charge in [-0.25, -0.2) is 0 Å². The third-order valence-electron chi connectivity index (χ3n) is 3.08. The Labute approximate surface area is 109 Å². The minimum absolute atomic E-state index is 0.0428. The number of carbonyl (C=O) groups is 1. The Hall–Kier alpha value is -1.36. The molecule has 18 heavy (non-hydrogen) atoms. The molecule has 1 aromatic rings. The second-order valence-electron chi connectivity index (χ2n) is 4.74. The molecular formula is C13H24N4O. The van der Waals surface area contributed by atoms with Gasteiger partial charge >= 0.3 is 0 Å². The molecule has 0 spiro atoms. The SMILES string of the molecule is CCCC(CCN)CNC(=O)c1cn(C)nc1C. The van der Waals surface area contributed by atoms with Gasteiger partial charge in [0.1, 0.15) is 0 Å². The number of carbonyl (C=O) groups excluding carboxylic acids is 1. The zero-order valence-corrected chi connectivity index (χ0v) is 11.6. The molecule has 1 aromatic heterocycles. The molecule has 0 saturated carbocycles. The van der Waals surface area contributed by atoms with Crippen LogP contribution in [0.4, 0.5) is 0 Å². The predicted molar refractivity (Wildman–Crippen MR) is 72.3 cm³/mol. The van der Waals surface area contributed by atoms with Crippen molar-refractivity contribution in [1.82, 2.24) is 15.1 Å². The van der Waals surface area contributed by atoms with Gasteiger partial charge in [-0.2, -0.15) is 5.10 Å². The van der Waals surface area contributed by atoms with Crippen LogP contribution in [0.1, 0.15) is 42.2 Å². The molecule has 0 aliphatic carbocycles. The summed E-state index contributed by atoms with van der Waals surface area (Å²) in [7, 11) is 1.82. The van der Waals surface area contributed by atoms with E-state index < -0.39 is 0 Å². The molecule has 1 unspecified atom stereocenters. The van der Waals surface area contributed by atoms with Gasteiger partial charge in [0.05, 0.1) is 11.3 Å². The summed E-state index contributed by atoms with van der Waals surface area (Å²) in [5.74, 6) is 0.430. The van der Waals surface area contributed by atoms with Gasteiger partial charge in [-0.1, -0.05) is 13.3 Å². The normalized spacial score (nSPS) is 12.4. The molecule has 1 rings (SSSR count). The van der Waals surface area contributed by atoms with E-state index in [1.54, 1.807) is 10.9 Å². The summed E-state index contributed by atoms with van der Waals surface area (Å²) in [6.07, 6.45) is 4.93. The molecule has 0 radical (unpaired) electrons. The van der Waals surface area contributed by atoms with Crippen molar-refractivity contribution >= 4 is 5.91 Å². The lowest BCUT2D eigenvalue weighted by Gasteiger charge is -2.15. The molecular weight excluding hydrogens is 228 g/mol. The lowest BCUT2D eigenvalue weighted by atomic mass is 10.00. The van der Waals surface area contributed by atoms with Gasteiger partial charge in [0.15, 0.2) is 0 Å². The Morgan fingerprint density at radius 2 is 2.28 bits per heavy atom. The van der Waals surface area contributed by atoms with Crippen molar-refractivity contribution < 1.29 is 4.79 Å². The van der Waals surface area contributed by atoms with Gasteiger partial charge in [-0.05, 0) is 32.2 Å². The van der Waals surface area contributed by atoms with E-state index >= 15 is 0 Å². The molecule has 0 aliphatic heterocycles. The van der Waals surface area contributed by atoms with Crippen molar-refractivity contribution in [2.45, 2.75) is 33.1 Å². The fourth-order valence-electron chi connectivity index (χ4n) is 2.15. The fraction of sp³-hybridized carbons (Fsp3) is 0.692. The van der Waals surface area contributed by atoms with Crippen molar-refractivity contribution in [1.29, 1.82) is 0 Å². The van der Waals surface area contributed by atoms with Crippen LogP contribution in [0.2, 0.25) is 0 Å². The molecule has 0 aromatic carbocycles.